The maximum atomic E-state index is 10.7. The monoisotopic (exact) mass is 414 g/mol. The average Bonchev–Trinajstić information content (AvgIpc) is 2.66. The summed E-state index contributed by atoms with van der Waals surface area (Å²) < 4.78 is 0. The van der Waals surface area contributed by atoms with E-state index in [-0.39, 0.29) is 5.41 Å². The number of unbranched alkanes of at least 4 members (excludes halogenated alkanes) is 1. The van der Waals surface area contributed by atoms with Crippen molar-refractivity contribution in [3.05, 3.63) is 58.7 Å². The Labute approximate surface area is 183 Å². The molecule has 0 bridgehead atoms. The third-order valence-corrected chi connectivity index (χ3v) is 5.78. The molecule has 0 aromatic carbocycles. The van der Waals surface area contributed by atoms with Gasteiger partial charge in [0.1, 0.15) is 6.04 Å². The van der Waals surface area contributed by atoms with Crippen molar-refractivity contribution >= 4 is 5.97 Å². The zero-order chi connectivity index (χ0) is 22.6. The predicted molar refractivity (Wildman–Crippen MR) is 128 cm³/mol. The van der Waals surface area contributed by atoms with Gasteiger partial charge in [-0.1, -0.05) is 73.4 Å². The predicted octanol–water partition coefficient (Wildman–Crippen LogP) is 5.69. The molecule has 4 nitrogen and oxygen atoms in total. The van der Waals surface area contributed by atoms with Gasteiger partial charge in [-0.15, -0.1) is 0 Å². The smallest absolute Gasteiger partial charge is 0.320 e. The molecule has 0 aromatic rings. The minimum Gasteiger partial charge on any atom is -0.480 e. The Kier molecular flexibility index (Phi) is 11.7. The fraction of sp³-hybridized carbons (Fsp3) is 0.577. The SMILES string of the molecule is CC1=C(/C=C/C(C)=C/C=C\C(C)=C\CNCCCC[C@H](N)C(=O)O)C(C)(C)CCC1. The number of nitrogens with one attached hydrogen (secondary N) is 1. The molecule has 0 spiro atoms. The molecule has 1 aliphatic rings. The molecule has 0 unspecified atom stereocenters. The first-order valence-corrected chi connectivity index (χ1v) is 11.2. The lowest BCUT2D eigenvalue weighted by Gasteiger charge is -2.32. The highest BCUT2D eigenvalue weighted by Gasteiger charge is 2.26. The van der Waals surface area contributed by atoms with Crippen LogP contribution in [0.3, 0.4) is 0 Å². The van der Waals surface area contributed by atoms with Crippen LogP contribution in [0.1, 0.15) is 73.1 Å². The van der Waals surface area contributed by atoms with E-state index in [1.165, 1.54) is 41.6 Å². The van der Waals surface area contributed by atoms with Gasteiger partial charge in [-0.2, -0.15) is 0 Å². The van der Waals surface area contributed by atoms with Gasteiger partial charge in [0, 0.05) is 6.54 Å². The highest BCUT2D eigenvalue weighted by molar-refractivity contribution is 5.72. The normalized spacial score (nSPS) is 19.1. The Bertz CT molecular complexity index is 709. The van der Waals surface area contributed by atoms with E-state index in [0.29, 0.717) is 6.42 Å². The first-order chi connectivity index (χ1) is 14.1. The Balaban J connectivity index is 2.37. The molecule has 1 atom stereocenters. The van der Waals surface area contributed by atoms with Gasteiger partial charge in [-0.3, -0.25) is 4.79 Å². The number of rotatable bonds is 12. The van der Waals surface area contributed by atoms with E-state index in [2.05, 4.69) is 76.4 Å². The summed E-state index contributed by atoms with van der Waals surface area (Å²) >= 11 is 0. The van der Waals surface area contributed by atoms with Crippen LogP contribution in [0.5, 0.6) is 0 Å². The number of carbonyl (C=O) groups is 1. The van der Waals surface area contributed by atoms with Crippen LogP contribution in [-0.4, -0.2) is 30.2 Å². The minimum absolute atomic E-state index is 0.281. The van der Waals surface area contributed by atoms with E-state index in [4.69, 9.17) is 10.8 Å². The quantitative estimate of drug-likeness (QED) is 0.283. The van der Waals surface area contributed by atoms with Crippen LogP contribution in [-0.2, 0) is 4.79 Å². The van der Waals surface area contributed by atoms with Gasteiger partial charge in [0.15, 0.2) is 0 Å². The number of hydrogen-bond acceptors (Lipinski definition) is 3. The lowest BCUT2D eigenvalue weighted by Crippen LogP contribution is -2.30. The topological polar surface area (TPSA) is 75.3 Å². The fourth-order valence-electron chi connectivity index (χ4n) is 3.77. The molecule has 4 N–H and O–H groups in total. The van der Waals surface area contributed by atoms with Crippen LogP contribution >= 0.6 is 0 Å². The lowest BCUT2D eigenvalue weighted by atomic mass is 9.72. The Morgan fingerprint density at radius 1 is 1.23 bits per heavy atom. The van der Waals surface area contributed by atoms with Crippen LogP contribution in [0, 0.1) is 5.41 Å². The van der Waals surface area contributed by atoms with Gasteiger partial charge < -0.3 is 16.2 Å². The van der Waals surface area contributed by atoms with Crippen molar-refractivity contribution < 1.29 is 9.90 Å². The van der Waals surface area contributed by atoms with Crippen molar-refractivity contribution in [2.24, 2.45) is 11.1 Å². The molecule has 0 aliphatic heterocycles. The molecule has 0 saturated heterocycles. The number of carboxylic acid groups (broad SMARTS) is 1. The van der Waals surface area contributed by atoms with Gasteiger partial charge in [0.2, 0.25) is 0 Å². The Morgan fingerprint density at radius 3 is 2.63 bits per heavy atom. The van der Waals surface area contributed by atoms with Crippen molar-refractivity contribution in [1.29, 1.82) is 0 Å². The minimum atomic E-state index is -0.918. The summed E-state index contributed by atoms with van der Waals surface area (Å²) in [5.41, 5.74) is 11.3. The largest absolute Gasteiger partial charge is 0.480 e. The summed E-state index contributed by atoms with van der Waals surface area (Å²) in [4.78, 5) is 10.7. The molecule has 168 valence electrons. The maximum absolute atomic E-state index is 10.7. The third kappa shape index (κ3) is 10.2. The van der Waals surface area contributed by atoms with Crippen molar-refractivity contribution in [3.8, 4) is 0 Å². The number of hydrogen-bond donors (Lipinski definition) is 3. The number of aliphatic carboxylic acids is 1. The number of nitrogens with two attached hydrogens (primary N) is 1. The second kappa shape index (κ2) is 13.4. The standard InChI is InChI=1S/C26H42N2O2/c1-20(14-15-23-22(3)12-9-17-26(23,4)5)10-8-11-21(2)16-19-28-18-7-6-13-24(27)25(29)30/h8,10-11,14-16,24,28H,6-7,9,12-13,17-19,27H2,1-5H3,(H,29,30)/b11-8-,15-14+,20-10+,21-16+/t24-/m0/s1. The first kappa shape index (κ1) is 26.1. The summed E-state index contributed by atoms with van der Waals surface area (Å²) in [7, 11) is 0. The van der Waals surface area contributed by atoms with E-state index in [0.717, 1.165) is 25.9 Å². The molecular weight excluding hydrogens is 372 g/mol. The Morgan fingerprint density at radius 2 is 1.97 bits per heavy atom. The molecule has 0 amide bonds. The van der Waals surface area contributed by atoms with Crippen LogP contribution in [0.25, 0.3) is 0 Å². The van der Waals surface area contributed by atoms with Gasteiger partial charge in [-0.05, 0) is 70.4 Å². The van der Waals surface area contributed by atoms with Gasteiger partial charge in [0.25, 0.3) is 0 Å². The summed E-state index contributed by atoms with van der Waals surface area (Å²) in [6.07, 6.45) is 19.2. The summed E-state index contributed by atoms with van der Waals surface area (Å²) in [5.74, 6) is -0.918. The van der Waals surface area contributed by atoms with Gasteiger partial charge >= 0.3 is 5.97 Å². The van der Waals surface area contributed by atoms with Crippen molar-refractivity contribution in [1.82, 2.24) is 5.32 Å². The van der Waals surface area contributed by atoms with E-state index in [1.807, 2.05) is 0 Å². The van der Waals surface area contributed by atoms with Crippen LogP contribution in [0.2, 0.25) is 0 Å². The van der Waals surface area contributed by atoms with E-state index < -0.39 is 12.0 Å². The fourth-order valence-corrected chi connectivity index (χ4v) is 3.77. The molecule has 0 aromatic heterocycles. The molecule has 0 saturated carbocycles. The van der Waals surface area contributed by atoms with E-state index >= 15 is 0 Å². The molecule has 0 heterocycles. The van der Waals surface area contributed by atoms with Crippen LogP contribution < -0.4 is 11.1 Å². The summed E-state index contributed by atoms with van der Waals surface area (Å²) in [5, 5.41) is 12.1. The third-order valence-electron chi connectivity index (χ3n) is 5.78. The zero-order valence-electron chi connectivity index (χ0n) is 19.6. The average molecular weight is 415 g/mol. The molecule has 1 rings (SSSR count). The van der Waals surface area contributed by atoms with Gasteiger partial charge in [0.05, 0.1) is 0 Å². The second-order valence-electron chi connectivity index (χ2n) is 9.13. The number of carboxylic acids is 1. The number of allylic oxidation sites excluding steroid dienone is 9. The first-order valence-electron chi connectivity index (χ1n) is 11.2. The lowest BCUT2D eigenvalue weighted by molar-refractivity contribution is -0.138. The highest BCUT2D eigenvalue weighted by Crippen LogP contribution is 2.40. The highest BCUT2D eigenvalue weighted by atomic mass is 16.4. The van der Waals surface area contributed by atoms with Crippen molar-refractivity contribution in [2.45, 2.75) is 79.2 Å². The van der Waals surface area contributed by atoms with Gasteiger partial charge in [-0.25, -0.2) is 0 Å². The van der Waals surface area contributed by atoms with Crippen LogP contribution in [0.4, 0.5) is 0 Å². The maximum Gasteiger partial charge on any atom is 0.320 e. The van der Waals surface area contributed by atoms with Crippen LogP contribution in [0.15, 0.2) is 58.7 Å². The van der Waals surface area contributed by atoms with Crippen molar-refractivity contribution in [3.63, 3.8) is 0 Å². The molecule has 4 heteroatoms. The van der Waals surface area contributed by atoms with E-state index in [1.54, 1.807) is 0 Å². The molecule has 30 heavy (non-hydrogen) atoms. The van der Waals surface area contributed by atoms with Crippen molar-refractivity contribution in [2.75, 3.05) is 13.1 Å². The molecule has 0 radical (unpaired) electrons. The molecular formula is C26H42N2O2. The molecule has 1 aliphatic carbocycles. The molecule has 0 fully saturated rings. The Hall–Kier alpha value is -1.91. The zero-order valence-corrected chi connectivity index (χ0v) is 19.6. The van der Waals surface area contributed by atoms with E-state index in [9.17, 15) is 4.79 Å². The summed E-state index contributed by atoms with van der Waals surface area (Å²) in [6, 6.07) is -0.737. The summed E-state index contributed by atoms with van der Waals surface area (Å²) in [6.45, 7) is 12.9. The second-order valence-corrected chi connectivity index (χ2v) is 9.13.